The third-order valence-corrected chi connectivity index (χ3v) is 2.84. The molecule has 0 saturated heterocycles. The Morgan fingerprint density at radius 2 is 2.33 bits per heavy atom. The molecule has 2 aromatic rings. The highest BCUT2D eigenvalue weighted by atomic mass is 16.5. The number of methoxy groups -OCH3 is 1. The number of nitrogens with one attached hydrogen (secondary N) is 1. The van der Waals surface area contributed by atoms with Crippen LogP contribution in [0, 0.1) is 0 Å². The Morgan fingerprint density at radius 1 is 1.44 bits per heavy atom. The quantitative estimate of drug-likeness (QED) is 0.756. The van der Waals surface area contributed by atoms with Gasteiger partial charge < -0.3 is 14.6 Å². The van der Waals surface area contributed by atoms with Gasteiger partial charge in [0.15, 0.2) is 0 Å². The summed E-state index contributed by atoms with van der Waals surface area (Å²) in [4.78, 5) is 8.75. The molecule has 1 N–H and O–H groups in total. The molecule has 0 bridgehead atoms. The van der Waals surface area contributed by atoms with E-state index >= 15 is 0 Å². The van der Waals surface area contributed by atoms with Crippen LogP contribution in [-0.4, -0.2) is 34.8 Å². The molecule has 0 amide bonds. The van der Waals surface area contributed by atoms with E-state index in [1.807, 2.05) is 18.5 Å². The molecular formula is C13H20N4O. The maximum atomic E-state index is 5.02. The predicted molar refractivity (Wildman–Crippen MR) is 71.4 cm³/mol. The third-order valence-electron chi connectivity index (χ3n) is 2.84. The number of hydrogen-bond acceptors (Lipinski definition) is 4. The van der Waals surface area contributed by atoms with E-state index in [0.717, 1.165) is 49.5 Å². The summed E-state index contributed by atoms with van der Waals surface area (Å²) in [7, 11) is 1.71. The fourth-order valence-electron chi connectivity index (χ4n) is 2.01. The van der Waals surface area contributed by atoms with Crippen LogP contribution in [0.2, 0.25) is 0 Å². The summed E-state index contributed by atoms with van der Waals surface area (Å²) in [6, 6.07) is 2.02. The molecule has 5 heteroatoms. The molecule has 98 valence electrons. The molecule has 0 aliphatic carbocycles. The standard InChI is InChI=1S/C13H20N4O/c1-3-7-17-12-4-5-14-9-11(12)16-13(17)10-15-6-8-18-2/h4-5,9,15H,3,6-8,10H2,1-2H3. The van der Waals surface area contributed by atoms with Crippen LogP contribution in [-0.2, 0) is 17.8 Å². The second-order valence-electron chi connectivity index (χ2n) is 4.21. The number of fused-ring (bicyclic) bond motifs is 1. The minimum absolute atomic E-state index is 0.718. The maximum absolute atomic E-state index is 5.02. The number of imidazole rings is 1. The van der Waals surface area contributed by atoms with Crippen LogP contribution in [0.5, 0.6) is 0 Å². The van der Waals surface area contributed by atoms with Gasteiger partial charge in [-0.05, 0) is 12.5 Å². The molecule has 2 aromatic heterocycles. The summed E-state index contributed by atoms with van der Waals surface area (Å²) in [5.74, 6) is 1.07. The number of aryl methyl sites for hydroxylation is 1. The van der Waals surface area contributed by atoms with E-state index in [9.17, 15) is 0 Å². The van der Waals surface area contributed by atoms with Crippen LogP contribution in [0.3, 0.4) is 0 Å². The van der Waals surface area contributed by atoms with Crippen LogP contribution in [0.15, 0.2) is 18.5 Å². The second kappa shape index (κ2) is 6.47. The van der Waals surface area contributed by atoms with E-state index in [1.54, 1.807) is 7.11 Å². The van der Waals surface area contributed by atoms with E-state index < -0.39 is 0 Å². The van der Waals surface area contributed by atoms with Crippen molar-refractivity contribution in [3.63, 3.8) is 0 Å². The summed E-state index contributed by atoms with van der Waals surface area (Å²) < 4.78 is 7.28. The molecule has 0 radical (unpaired) electrons. The number of rotatable bonds is 7. The maximum Gasteiger partial charge on any atom is 0.123 e. The molecule has 0 aromatic carbocycles. The van der Waals surface area contributed by atoms with Crippen LogP contribution >= 0.6 is 0 Å². The van der Waals surface area contributed by atoms with Gasteiger partial charge in [-0.25, -0.2) is 4.98 Å². The van der Waals surface area contributed by atoms with Gasteiger partial charge in [0, 0.05) is 26.4 Å². The van der Waals surface area contributed by atoms with Crippen LogP contribution < -0.4 is 5.32 Å². The molecule has 2 heterocycles. The first-order valence-electron chi connectivity index (χ1n) is 6.35. The van der Waals surface area contributed by atoms with Gasteiger partial charge in [-0.2, -0.15) is 0 Å². The molecule has 0 aliphatic rings. The fourth-order valence-corrected chi connectivity index (χ4v) is 2.01. The molecule has 0 spiro atoms. The Balaban J connectivity index is 2.17. The van der Waals surface area contributed by atoms with E-state index in [-0.39, 0.29) is 0 Å². The molecular weight excluding hydrogens is 228 g/mol. The Hall–Kier alpha value is -1.46. The zero-order valence-corrected chi connectivity index (χ0v) is 11.0. The minimum atomic E-state index is 0.718. The van der Waals surface area contributed by atoms with Gasteiger partial charge in [-0.1, -0.05) is 6.92 Å². The van der Waals surface area contributed by atoms with Crippen molar-refractivity contribution in [1.82, 2.24) is 19.9 Å². The first kappa shape index (κ1) is 13.0. The topological polar surface area (TPSA) is 52.0 Å². The largest absolute Gasteiger partial charge is 0.383 e. The lowest BCUT2D eigenvalue weighted by molar-refractivity contribution is 0.199. The van der Waals surface area contributed by atoms with E-state index in [2.05, 4.69) is 26.8 Å². The second-order valence-corrected chi connectivity index (χ2v) is 4.21. The lowest BCUT2D eigenvalue weighted by Gasteiger charge is -2.08. The van der Waals surface area contributed by atoms with Crippen molar-refractivity contribution >= 4 is 11.0 Å². The molecule has 0 atom stereocenters. The highest BCUT2D eigenvalue weighted by Crippen LogP contribution is 2.15. The zero-order valence-electron chi connectivity index (χ0n) is 11.0. The molecule has 2 rings (SSSR count). The van der Waals surface area contributed by atoms with Gasteiger partial charge in [0.05, 0.1) is 24.9 Å². The molecule has 18 heavy (non-hydrogen) atoms. The fraction of sp³-hybridized carbons (Fsp3) is 0.538. The molecule has 5 nitrogen and oxygen atoms in total. The van der Waals surface area contributed by atoms with Gasteiger partial charge in [-0.3, -0.25) is 4.98 Å². The van der Waals surface area contributed by atoms with Gasteiger partial charge in [-0.15, -0.1) is 0 Å². The lowest BCUT2D eigenvalue weighted by Crippen LogP contribution is -2.21. The molecule has 0 saturated carbocycles. The average Bonchev–Trinajstić information content (AvgIpc) is 2.74. The predicted octanol–water partition coefficient (Wildman–Crippen LogP) is 1.58. The van der Waals surface area contributed by atoms with Crippen LogP contribution in [0.1, 0.15) is 19.2 Å². The number of pyridine rings is 1. The van der Waals surface area contributed by atoms with Crippen molar-refractivity contribution < 1.29 is 4.74 Å². The normalized spacial score (nSPS) is 11.2. The number of ether oxygens (including phenoxy) is 1. The first-order chi connectivity index (χ1) is 8.86. The summed E-state index contributed by atoms with van der Waals surface area (Å²) in [6.45, 7) is 5.48. The third kappa shape index (κ3) is 2.86. The van der Waals surface area contributed by atoms with Gasteiger partial charge >= 0.3 is 0 Å². The smallest absolute Gasteiger partial charge is 0.123 e. The Kier molecular flexibility index (Phi) is 4.66. The SMILES string of the molecule is CCCn1c(CNCCOC)nc2cnccc21. The van der Waals surface area contributed by atoms with Crippen LogP contribution in [0.4, 0.5) is 0 Å². The number of aromatic nitrogens is 3. The molecule has 0 aliphatic heterocycles. The van der Waals surface area contributed by atoms with E-state index in [1.165, 1.54) is 0 Å². The summed E-state index contributed by atoms with van der Waals surface area (Å²) in [5, 5.41) is 3.33. The van der Waals surface area contributed by atoms with Crippen molar-refractivity contribution in [1.29, 1.82) is 0 Å². The summed E-state index contributed by atoms with van der Waals surface area (Å²) in [6.07, 6.45) is 4.73. The average molecular weight is 248 g/mol. The van der Waals surface area contributed by atoms with Gasteiger partial charge in [0.2, 0.25) is 0 Å². The van der Waals surface area contributed by atoms with Crippen molar-refractivity contribution in [2.75, 3.05) is 20.3 Å². The summed E-state index contributed by atoms with van der Waals surface area (Å²) >= 11 is 0. The van der Waals surface area contributed by atoms with E-state index in [4.69, 9.17) is 4.74 Å². The monoisotopic (exact) mass is 248 g/mol. The molecule has 0 fully saturated rings. The van der Waals surface area contributed by atoms with Crippen molar-refractivity contribution in [2.45, 2.75) is 26.4 Å². The van der Waals surface area contributed by atoms with Gasteiger partial charge in [0.25, 0.3) is 0 Å². The van der Waals surface area contributed by atoms with Gasteiger partial charge in [0.1, 0.15) is 11.3 Å². The summed E-state index contributed by atoms with van der Waals surface area (Å²) in [5.41, 5.74) is 2.13. The minimum Gasteiger partial charge on any atom is -0.383 e. The van der Waals surface area contributed by atoms with Crippen LogP contribution in [0.25, 0.3) is 11.0 Å². The van der Waals surface area contributed by atoms with Crippen molar-refractivity contribution in [2.24, 2.45) is 0 Å². The zero-order chi connectivity index (χ0) is 12.8. The number of nitrogens with zero attached hydrogens (tertiary/aromatic N) is 3. The first-order valence-corrected chi connectivity index (χ1v) is 6.35. The van der Waals surface area contributed by atoms with E-state index in [0.29, 0.717) is 0 Å². The number of hydrogen-bond donors (Lipinski definition) is 1. The van der Waals surface area contributed by atoms with Crippen molar-refractivity contribution in [3.05, 3.63) is 24.3 Å². The Labute approximate surface area is 107 Å². The van der Waals surface area contributed by atoms with Crippen molar-refractivity contribution in [3.8, 4) is 0 Å². The molecule has 0 unspecified atom stereocenters. The Bertz CT molecular complexity index is 495. The highest BCUT2D eigenvalue weighted by Gasteiger charge is 2.09. The lowest BCUT2D eigenvalue weighted by atomic mass is 10.4. The Morgan fingerprint density at radius 3 is 3.11 bits per heavy atom. The highest BCUT2D eigenvalue weighted by molar-refractivity contribution is 5.74.